The first-order valence-electron chi connectivity index (χ1n) is 7.54. The first-order valence-corrected chi connectivity index (χ1v) is 7.54. The van der Waals surface area contributed by atoms with Crippen LogP contribution in [-0.2, 0) is 20.7 Å². The Bertz CT molecular complexity index is 482. The van der Waals surface area contributed by atoms with Crippen LogP contribution >= 0.6 is 0 Å². The summed E-state index contributed by atoms with van der Waals surface area (Å²) in [6.07, 6.45) is 1.71. The molecular weight excluding hydrogens is 282 g/mol. The smallest absolute Gasteiger partial charge is 0.303 e. The quantitative estimate of drug-likeness (QED) is 0.711. The molecule has 1 atom stereocenters. The van der Waals surface area contributed by atoms with Gasteiger partial charge >= 0.3 is 5.97 Å². The van der Waals surface area contributed by atoms with Crippen molar-refractivity contribution in [1.29, 1.82) is 0 Å². The van der Waals surface area contributed by atoms with Crippen molar-refractivity contribution in [1.82, 2.24) is 0 Å². The highest BCUT2D eigenvalue weighted by atomic mass is 16.6. The van der Waals surface area contributed by atoms with Gasteiger partial charge in [-0.05, 0) is 36.5 Å². The second-order valence-electron chi connectivity index (χ2n) is 5.80. The average molecular weight is 307 g/mol. The van der Waals surface area contributed by atoms with Gasteiger partial charge in [0.05, 0.1) is 6.42 Å². The third-order valence-corrected chi connectivity index (χ3v) is 3.14. The van der Waals surface area contributed by atoms with Crippen molar-refractivity contribution < 1.29 is 19.1 Å². The van der Waals surface area contributed by atoms with E-state index in [-0.39, 0.29) is 24.4 Å². The Morgan fingerprint density at radius 1 is 1.14 bits per heavy atom. The topological polar surface area (TPSA) is 78.6 Å². The summed E-state index contributed by atoms with van der Waals surface area (Å²) in [6.45, 7) is 5.98. The van der Waals surface area contributed by atoms with Crippen LogP contribution in [0.5, 0.6) is 5.75 Å². The number of hydrogen-bond donors (Lipinski definition) is 1. The van der Waals surface area contributed by atoms with Crippen LogP contribution in [0.4, 0.5) is 0 Å². The number of esters is 1. The highest BCUT2D eigenvalue weighted by Crippen LogP contribution is 2.15. The first-order chi connectivity index (χ1) is 10.4. The number of carbonyl (C=O) groups is 2. The predicted molar refractivity (Wildman–Crippen MR) is 84.5 cm³/mol. The van der Waals surface area contributed by atoms with Gasteiger partial charge in [0.15, 0.2) is 0 Å². The van der Waals surface area contributed by atoms with Crippen LogP contribution in [0, 0.1) is 5.92 Å². The van der Waals surface area contributed by atoms with Crippen LogP contribution in [0.3, 0.4) is 0 Å². The number of nitrogens with two attached hydrogens (primary N) is 1. The summed E-state index contributed by atoms with van der Waals surface area (Å²) >= 11 is 0. The highest BCUT2D eigenvalue weighted by Gasteiger charge is 2.14. The van der Waals surface area contributed by atoms with Gasteiger partial charge in [0.25, 0.3) is 0 Å². The molecule has 0 bridgehead atoms. The summed E-state index contributed by atoms with van der Waals surface area (Å²) in [6, 6.07) is 7.17. The first kappa shape index (κ1) is 18.0. The van der Waals surface area contributed by atoms with E-state index >= 15 is 0 Å². The fourth-order valence-electron chi connectivity index (χ4n) is 2.02. The minimum atomic E-state index is -0.364. The van der Waals surface area contributed by atoms with E-state index in [0.717, 1.165) is 18.4 Å². The summed E-state index contributed by atoms with van der Waals surface area (Å²) in [5.41, 5.74) is 5.99. The Hall–Kier alpha value is -2.04. The second-order valence-corrected chi connectivity index (χ2v) is 5.80. The van der Waals surface area contributed by atoms with Crippen molar-refractivity contribution in [3.8, 4) is 5.75 Å². The van der Waals surface area contributed by atoms with Crippen LogP contribution in [0.1, 0.15) is 39.2 Å². The van der Waals surface area contributed by atoms with E-state index in [1.54, 1.807) is 24.3 Å². The van der Waals surface area contributed by atoms with Crippen LogP contribution in [0.15, 0.2) is 24.3 Å². The molecule has 0 radical (unpaired) electrons. The van der Waals surface area contributed by atoms with E-state index in [0.29, 0.717) is 18.3 Å². The molecule has 1 unspecified atom stereocenters. The van der Waals surface area contributed by atoms with Crippen molar-refractivity contribution in [2.24, 2.45) is 11.7 Å². The average Bonchev–Trinajstić information content (AvgIpc) is 2.42. The fraction of sp³-hybridized carbons (Fsp3) is 0.529. The molecule has 0 aliphatic carbocycles. The molecule has 22 heavy (non-hydrogen) atoms. The molecule has 1 aromatic rings. The molecule has 122 valence electrons. The van der Waals surface area contributed by atoms with Gasteiger partial charge in [-0.25, -0.2) is 0 Å². The number of amides is 1. The van der Waals surface area contributed by atoms with Crippen LogP contribution in [0.2, 0.25) is 0 Å². The summed E-state index contributed by atoms with van der Waals surface area (Å²) < 4.78 is 10.9. The van der Waals surface area contributed by atoms with Crippen LogP contribution in [-0.4, -0.2) is 24.6 Å². The Morgan fingerprint density at radius 3 is 2.27 bits per heavy atom. The van der Waals surface area contributed by atoms with Crippen molar-refractivity contribution in [2.75, 3.05) is 6.61 Å². The SMILES string of the molecule is CC(=O)OC(CCC(C)C)COc1ccc(CC(N)=O)cc1. The third-order valence-electron chi connectivity index (χ3n) is 3.14. The lowest BCUT2D eigenvalue weighted by atomic mass is 10.1. The highest BCUT2D eigenvalue weighted by molar-refractivity contribution is 5.76. The Morgan fingerprint density at radius 2 is 1.77 bits per heavy atom. The van der Waals surface area contributed by atoms with E-state index < -0.39 is 0 Å². The number of rotatable bonds is 9. The van der Waals surface area contributed by atoms with Gasteiger partial charge in [-0.1, -0.05) is 26.0 Å². The Balaban J connectivity index is 2.52. The summed E-state index contributed by atoms with van der Waals surface area (Å²) in [5, 5.41) is 0. The van der Waals surface area contributed by atoms with Gasteiger partial charge in [0, 0.05) is 6.92 Å². The molecule has 1 rings (SSSR count). The molecule has 0 spiro atoms. The number of benzene rings is 1. The number of primary amides is 1. The monoisotopic (exact) mass is 307 g/mol. The molecule has 1 aromatic carbocycles. The van der Waals surface area contributed by atoms with Gasteiger partial charge in [0.1, 0.15) is 18.5 Å². The van der Waals surface area contributed by atoms with Crippen molar-refractivity contribution >= 4 is 11.9 Å². The maximum atomic E-state index is 11.1. The van der Waals surface area contributed by atoms with Gasteiger partial charge in [-0.15, -0.1) is 0 Å². The lowest BCUT2D eigenvalue weighted by Gasteiger charge is -2.18. The fourth-order valence-corrected chi connectivity index (χ4v) is 2.02. The Kier molecular flexibility index (Phi) is 7.43. The normalized spacial score (nSPS) is 12.0. The molecule has 0 heterocycles. The largest absolute Gasteiger partial charge is 0.490 e. The summed E-state index contributed by atoms with van der Waals surface area (Å²) in [7, 11) is 0. The zero-order valence-electron chi connectivity index (χ0n) is 13.5. The van der Waals surface area contributed by atoms with Crippen molar-refractivity contribution in [2.45, 2.75) is 46.1 Å². The molecule has 5 heteroatoms. The van der Waals surface area contributed by atoms with E-state index in [4.69, 9.17) is 15.2 Å². The molecule has 1 amide bonds. The van der Waals surface area contributed by atoms with Gasteiger partial charge in [0.2, 0.25) is 5.91 Å². The molecular formula is C17H25NO4. The maximum Gasteiger partial charge on any atom is 0.303 e. The van der Waals surface area contributed by atoms with E-state index in [1.807, 2.05) is 0 Å². The summed E-state index contributed by atoms with van der Waals surface area (Å²) in [5.74, 6) is 0.562. The van der Waals surface area contributed by atoms with Crippen LogP contribution in [0.25, 0.3) is 0 Å². The van der Waals surface area contributed by atoms with E-state index in [1.165, 1.54) is 6.92 Å². The zero-order valence-corrected chi connectivity index (χ0v) is 13.5. The number of ether oxygens (including phenoxy) is 2. The minimum absolute atomic E-state index is 0.213. The van der Waals surface area contributed by atoms with Gasteiger partial charge in [-0.3, -0.25) is 9.59 Å². The predicted octanol–water partition coefficient (Wildman–Crippen LogP) is 2.46. The van der Waals surface area contributed by atoms with E-state index in [2.05, 4.69) is 13.8 Å². The molecule has 5 nitrogen and oxygen atoms in total. The zero-order chi connectivity index (χ0) is 16.5. The van der Waals surface area contributed by atoms with Gasteiger partial charge in [-0.2, -0.15) is 0 Å². The molecule has 0 saturated heterocycles. The lowest BCUT2D eigenvalue weighted by molar-refractivity contribution is -0.148. The lowest BCUT2D eigenvalue weighted by Crippen LogP contribution is -2.24. The van der Waals surface area contributed by atoms with Gasteiger partial charge < -0.3 is 15.2 Å². The molecule has 2 N–H and O–H groups in total. The standard InChI is InChI=1S/C17H25NO4/c1-12(2)4-7-16(22-13(3)19)11-21-15-8-5-14(6-9-15)10-17(18)20/h5-6,8-9,12,16H,4,7,10-11H2,1-3H3,(H2,18,20). The van der Waals surface area contributed by atoms with E-state index in [9.17, 15) is 9.59 Å². The molecule has 0 fully saturated rings. The van der Waals surface area contributed by atoms with Crippen LogP contribution < -0.4 is 10.5 Å². The maximum absolute atomic E-state index is 11.1. The second kappa shape index (κ2) is 9.07. The molecule has 0 saturated carbocycles. The van der Waals surface area contributed by atoms with Crippen molar-refractivity contribution in [3.63, 3.8) is 0 Å². The summed E-state index contributed by atoms with van der Waals surface area (Å²) in [4.78, 5) is 22.0. The molecule has 0 aliphatic heterocycles. The Labute approximate surface area is 131 Å². The van der Waals surface area contributed by atoms with Crippen molar-refractivity contribution in [3.05, 3.63) is 29.8 Å². The third kappa shape index (κ3) is 7.67. The number of carbonyl (C=O) groups excluding carboxylic acids is 2. The minimum Gasteiger partial charge on any atom is -0.490 e. The molecule has 0 aliphatic rings. The molecule has 0 aromatic heterocycles. The number of hydrogen-bond acceptors (Lipinski definition) is 4.